The van der Waals surface area contributed by atoms with E-state index in [-0.39, 0.29) is 21.8 Å². The molecule has 0 aliphatic rings. The molecule has 0 aliphatic heterocycles. The van der Waals surface area contributed by atoms with Gasteiger partial charge in [0.15, 0.2) is 0 Å². The Morgan fingerprint density at radius 1 is 1.17 bits per heavy atom. The number of non-ortho nitro benzene ring substituents is 1. The van der Waals surface area contributed by atoms with E-state index in [1.54, 1.807) is 0 Å². The van der Waals surface area contributed by atoms with Gasteiger partial charge in [0.05, 0.1) is 10.6 Å². The van der Waals surface area contributed by atoms with E-state index in [1.807, 2.05) is 0 Å². The molecule has 9 nitrogen and oxygen atoms in total. The Morgan fingerprint density at radius 2 is 1.83 bits per heavy atom. The zero-order valence-electron chi connectivity index (χ0n) is 11.9. The highest BCUT2D eigenvalue weighted by Crippen LogP contribution is 2.33. The van der Waals surface area contributed by atoms with Crippen molar-refractivity contribution in [2.75, 3.05) is 5.32 Å². The summed E-state index contributed by atoms with van der Waals surface area (Å²) in [6.07, 6.45) is 2.90. The van der Waals surface area contributed by atoms with Crippen molar-refractivity contribution in [2.24, 2.45) is 5.73 Å². The van der Waals surface area contributed by atoms with Crippen LogP contribution < -0.4 is 11.1 Å². The third-order valence-corrected chi connectivity index (χ3v) is 4.23. The minimum absolute atomic E-state index is 0.128. The molecule has 0 fully saturated rings. The first kappa shape index (κ1) is 15.5. The Labute approximate surface area is 138 Å². The normalized spacial score (nSPS) is 10.5. The Bertz CT molecular complexity index is 967. The van der Waals surface area contributed by atoms with Gasteiger partial charge < -0.3 is 11.1 Å². The number of carbonyl (C=O) groups is 2. The van der Waals surface area contributed by atoms with Crippen LogP contribution >= 0.6 is 11.3 Å². The highest BCUT2D eigenvalue weighted by Gasteiger charge is 2.21. The SMILES string of the molecule is NC(=O)c1sc2nccnc2c1NC(=O)c1ccc([N+](=O)[O-])cc1. The van der Waals surface area contributed by atoms with Crippen LogP contribution in [0.4, 0.5) is 11.4 Å². The maximum absolute atomic E-state index is 12.3. The van der Waals surface area contributed by atoms with Crippen LogP contribution in [0.15, 0.2) is 36.7 Å². The summed E-state index contributed by atoms with van der Waals surface area (Å²) in [5, 5.41) is 13.2. The van der Waals surface area contributed by atoms with Gasteiger partial charge in [-0.3, -0.25) is 19.7 Å². The molecule has 0 aliphatic carbocycles. The summed E-state index contributed by atoms with van der Waals surface area (Å²) in [4.78, 5) is 42.8. The second kappa shape index (κ2) is 6.01. The van der Waals surface area contributed by atoms with E-state index in [0.29, 0.717) is 10.3 Å². The quantitative estimate of drug-likeness (QED) is 0.548. The molecule has 0 saturated heterocycles. The van der Waals surface area contributed by atoms with E-state index in [2.05, 4.69) is 15.3 Å². The van der Waals surface area contributed by atoms with Crippen molar-refractivity contribution < 1.29 is 14.5 Å². The Hall–Kier alpha value is -3.40. The number of amides is 2. The maximum Gasteiger partial charge on any atom is 0.269 e. The minimum Gasteiger partial charge on any atom is -0.365 e. The summed E-state index contributed by atoms with van der Waals surface area (Å²) in [7, 11) is 0. The van der Waals surface area contributed by atoms with E-state index in [1.165, 1.54) is 36.7 Å². The van der Waals surface area contributed by atoms with E-state index in [9.17, 15) is 19.7 Å². The molecule has 3 rings (SSSR count). The van der Waals surface area contributed by atoms with Crippen molar-refractivity contribution in [3.05, 3.63) is 57.2 Å². The number of anilines is 1. The van der Waals surface area contributed by atoms with Crippen LogP contribution in [0, 0.1) is 10.1 Å². The van der Waals surface area contributed by atoms with Crippen LogP contribution in [0.2, 0.25) is 0 Å². The number of fused-ring (bicyclic) bond motifs is 1. The summed E-state index contributed by atoms with van der Waals surface area (Å²) < 4.78 is 0. The van der Waals surface area contributed by atoms with E-state index >= 15 is 0 Å². The second-order valence-electron chi connectivity index (χ2n) is 4.64. The molecular weight excluding hydrogens is 334 g/mol. The van der Waals surface area contributed by atoms with E-state index in [0.717, 1.165) is 11.3 Å². The van der Waals surface area contributed by atoms with Crippen LogP contribution in [0.5, 0.6) is 0 Å². The summed E-state index contributed by atoms with van der Waals surface area (Å²) in [6.45, 7) is 0. The van der Waals surface area contributed by atoms with Crippen LogP contribution in [-0.2, 0) is 0 Å². The van der Waals surface area contributed by atoms with Gasteiger partial charge in [-0.05, 0) is 12.1 Å². The Balaban J connectivity index is 1.97. The molecule has 2 amide bonds. The number of nitrogens with zero attached hydrogens (tertiary/aromatic N) is 3. The number of hydrogen-bond donors (Lipinski definition) is 2. The second-order valence-corrected chi connectivity index (χ2v) is 5.64. The van der Waals surface area contributed by atoms with Crippen molar-refractivity contribution in [3.8, 4) is 0 Å². The van der Waals surface area contributed by atoms with Crippen molar-refractivity contribution >= 4 is 44.9 Å². The number of nitro groups is 1. The largest absolute Gasteiger partial charge is 0.365 e. The molecule has 0 radical (unpaired) electrons. The smallest absolute Gasteiger partial charge is 0.269 e. The average molecular weight is 343 g/mol. The standard InChI is InChI=1S/C14H9N5O4S/c15-12(20)11-9(10-14(24-11)17-6-5-16-10)18-13(21)7-1-3-8(4-2-7)19(22)23/h1-6H,(H2,15,20)(H,18,21). The zero-order valence-corrected chi connectivity index (χ0v) is 12.7. The lowest BCUT2D eigenvalue weighted by Gasteiger charge is -2.05. The fraction of sp³-hybridized carbons (Fsp3) is 0. The minimum atomic E-state index is -0.709. The molecule has 0 spiro atoms. The fourth-order valence-electron chi connectivity index (χ4n) is 2.04. The molecule has 2 aromatic heterocycles. The molecule has 120 valence electrons. The number of nitrogens with one attached hydrogen (secondary N) is 1. The van der Waals surface area contributed by atoms with Gasteiger partial charge >= 0.3 is 0 Å². The molecular formula is C14H9N5O4S. The Morgan fingerprint density at radius 3 is 2.46 bits per heavy atom. The first-order valence-corrected chi connectivity index (χ1v) is 7.38. The molecule has 1 aromatic carbocycles. The average Bonchev–Trinajstić information content (AvgIpc) is 2.94. The van der Waals surface area contributed by atoms with Gasteiger partial charge in [0.2, 0.25) is 0 Å². The van der Waals surface area contributed by atoms with Crippen molar-refractivity contribution in [1.29, 1.82) is 0 Å². The number of aromatic nitrogens is 2. The molecule has 0 saturated carbocycles. The predicted molar refractivity (Wildman–Crippen MR) is 87.0 cm³/mol. The summed E-state index contributed by atoms with van der Waals surface area (Å²) in [5.74, 6) is -1.25. The molecule has 24 heavy (non-hydrogen) atoms. The van der Waals surface area contributed by atoms with E-state index in [4.69, 9.17) is 5.73 Å². The lowest BCUT2D eigenvalue weighted by molar-refractivity contribution is -0.384. The van der Waals surface area contributed by atoms with Crippen LogP contribution in [-0.4, -0.2) is 26.7 Å². The van der Waals surface area contributed by atoms with E-state index < -0.39 is 16.7 Å². The molecule has 0 bridgehead atoms. The molecule has 10 heteroatoms. The number of nitrogens with two attached hydrogens (primary N) is 1. The first-order valence-electron chi connectivity index (χ1n) is 6.56. The molecule has 3 aromatic rings. The van der Waals surface area contributed by atoms with Crippen LogP contribution in [0.25, 0.3) is 10.3 Å². The predicted octanol–water partition coefficient (Wildman–Crippen LogP) is 1.95. The Kier molecular flexibility index (Phi) is 3.88. The molecule has 3 N–H and O–H groups in total. The number of primary amides is 1. The van der Waals surface area contributed by atoms with Gasteiger partial charge in [0.25, 0.3) is 17.5 Å². The van der Waals surface area contributed by atoms with Gasteiger partial charge in [-0.15, -0.1) is 11.3 Å². The topological polar surface area (TPSA) is 141 Å². The third kappa shape index (κ3) is 2.77. The third-order valence-electron chi connectivity index (χ3n) is 3.13. The van der Waals surface area contributed by atoms with Crippen molar-refractivity contribution in [2.45, 2.75) is 0 Å². The number of carbonyl (C=O) groups excluding carboxylic acids is 2. The zero-order chi connectivity index (χ0) is 17.3. The maximum atomic E-state index is 12.3. The van der Waals surface area contributed by atoms with Gasteiger partial charge in [-0.25, -0.2) is 9.97 Å². The van der Waals surface area contributed by atoms with Crippen molar-refractivity contribution in [3.63, 3.8) is 0 Å². The van der Waals surface area contributed by atoms with Crippen LogP contribution in [0.3, 0.4) is 0 Å². The van der Waals surface area contributed by atoms with Gasteiger partial charge in [0, 0.05) is 30.1 Å². The monoisotopic (exact) mass is 343 g/mol. The number of hydrogen-bond acceptors (Lipinski definition) is 7. The fourth-order valence-corrected chi connectivity index (χ4v) is 2.95. The number of nitro benzene ring substituents is 1. The highest BCUT2D eigenvalue weighted by molar-refractivity contribution is 7.21. The highest BCUT2D eigenvalue weighted by atomic mass is 32.1. The first-order chi connectivity index (χ1) is 11.5. The van der Waals surface area contributed by atoms with Gasteiger partial charge in [-0.2, -0.15) is 0 Å². The molecule has 2 heterocycles. The number of thiophene rings is 1. The van der Waals surface area contributed by atoms with Gasteiger partial charge in [0.1, 0.15) is 15.2 Å². The van der Waals surface area contributed by atoms with Crippen LogP contribution in [0.1, 0.15) is 20.0 Å². The van der Waals surface area contributed by atoms with Crippen molar-refractivity contribution in [1.82, 2.24) is 9.97 Å². The molecule has 0 atom stereocenters. The summed E-state index contributed by atoms with van der Waals surface area (Å²) in [5.41, 5.74) is 5.93. The summed E-state index contributed by atoms with van der Waals surface area (Å²) >= 11 is 1.02. The lowest BCUT2D eigenvalue weighted by atomic mass is 10.2. The summed E-state index contributed by atoms with van der Waals surface area (Å²) in [6, 6.07) is 5.07. The number of benzene rings is 1. The number of rotatable bonds is 4. The molecule has 0 unspecified atom stereocenters. The lowest BCUT2D eigenvalue weighted by Crippen LogP contribution is -2.16. The van der Waals surface area contributed by atoms with Gasteiger partial charge in [-0.1, -0.05) is 0 Å².